The van der Waals surface area contributed by atoms with E-state index in [1.165, 1.54) is 0 Å². The Labute approximate surface area is 100 Å². The molecule has 92 valence electrons. The molecule has 0 spiro atoms. The van der Waals surface area contributed by atoms with Crippen LogP contribution < -0.4 is 5.32 Å². The summed E-state index contributed by atoms with van der Waals surface area (Å²) in [6.07, 6.45) is 2.60. The third-order valence-electron chi connectivity index (χ3n) is 2.65. The van der Waals surface area contributed by atoms with Gasteiger partial charge in [0.2, 0.25) is 0 Å². The monoisotopic (exact) mass is 238 g/mol. The molecule has 0 aromatic heterocycles. The molecule has 0 saturated heterocycles. The first-order valence-electron chi connectivity index (χ1n) is 5.78. The fourth-order valence-electron chi connectivity index (χ4n) is 1.71. The molecule has 17 heavy (non-hydrogen) atoms. The van der Waals surface area contributed by atoms with E-state index in [-0.39, 0.29) is 17.3 Å². The van der Waals surface area contributed by atoms with Gasteiger partial charge in [-0.3, -0.25) is 0 Å². The van der Waals surface area contributed by atoms with Crippen molar-refractivity contribution in [2.45, 2.75) is 39.2 Å². The summed E-state index contributed by atoms with van der Waals surface area (Å²) >= 11 is 0. The van der Waals surface area contributed by atoms with Crippen LogP contribution in [-0.2, 0) is 0 Å². The smallest absolute Gasteiger partial charge is 0.150 e. The lowest BCUT2D eigenvalue weighted by molar-refractivity contribution is 0.566. The van der Waals surface area contributed by atoms with Gasteiger partial charge in [-0.05, 0) is 25.0 Å². The van der Waals surface area contributed by atoms with Gasteiger partial charge in [-0.25, -0.2) is 8.78 Å². The van der Waals surface area contributed by atoms with Gasteiger partial charge in [-0.15, -0.1) is 0 Å². The first kappa shape index (κ1) is 13.4. The number of anilines is 1. The summed E-state index contributed by atoms with van der Waals surface area (Å²) in [7, 11) is 0. The fraction of sp³-hybridized carbons (Fsp3) is 0.462. The van der Waals surface area contributed by atoms with E-state index >= 15 is 0 Å². The van der Waals surface area contributed by atoms with Gasteiger partial charge in [0.15, 0.2) is 11.6 Å². The van der Waals surface area contributed by atoms with E-state index in [9.17, 15) is 8.78 Å². The average molecular weight is 238 g/mol. The van der Waals surface area contributed by atoms with Gasteiger partial charge in [0.1, 0.15) is 5.69 Å². The maximum Gasteiger partial charge on any atom is 0.150 e. The number of benzene rings is 1. The fourth-order valence-corrected chi connectivity index (χ4v) is 1.71. The number of nitriles is 1. The lowest BCUT2D eigenvalue weighted by Crippen LogP contribution is -2.19. The van der Waals surface area contributed by atoms with Crippen LogP contribution in [0.15, 0.2) is 12.1 Å². The molecule has 0 heterocycles. The summed E-state index contributed by atoms with van der Waals surface area (Å²) in [6.45, 7) is 3.99. The Morgan fingerprint density at radius 2 is 1.88 bits per heavy atom. The number of nitrogens with one attached hydrogen (secondary N) is 1. The van der Waals surface area contributed by atoms with Crippen LogP contribution in [0.25, 0.3) is 0 Å². The second kappa shape index (κ2) is 6.19. The third kappa shape index (κ3) is 3.42. The van der Waals surface area contributed by atoms with Gasteiger partial charge in [0.05, 0.1) is 11.6 Å². The van der Waals surface area contributed by atoms with Crippen LogP contribution in [0.1, 0.15) is 38.7 Å². The number of nitrogens with zero attached hydrogens (tertiary/aromatic N) is 1. The van der Waals surface area contributed by atoms with E-state index < -0.39 is 11.6 Å². The normalized spacial score (nSPS) is 11.9. The molecule has 0 fully saturated rings. The number of hydrogen-bond acceptors (Lipinski definition) is 2. The molecule has 0 aliphatic heterocycles. The lowest BCUT2D eigenvalue weighted by atomic mass is 10.1. The molecule has 4 heteroatoms. The molecule has 1 atom stereocenters. The zero-order chi connectivity index (χ0) is 12.8. The van der Waals surface area contributed by atoms with Crippen molar-refractivity contribution in [1.82, 2.24) is 0 Å². The molecule has 1 rings (SSSR count). The van der Waals surface area contributed by atoms with Gasteiger partial charge in [0, 0.05) is 6.04 Å². The molecule has 0 aliphatic carbocycles. The lowest BCUT2D eigenvalue weighted by Gasteiger charge is -2.18. The van der Waals surface area contributed by atoms with Crippen molar-refractivity contribution >= 4 is 5.69 Å². The van der Waals surface area contributed by atoms with Crippen LogP contribution >= 0.6 is 0 Å². The quantitative estimate of drug-likeness (QED) is 0.846. The van der Waals surface area contributed by atoms with E-state index in [1.54, 1.807) is 6.07 Å². The van der Waals surface area contributed by atoms with Gasteiger partial charge in [0.25, 0.3) is 0 Å². The van der Waals surface area contributed by atoms with Crippen molar-refractivity contribution in [2.75, 3.05) is 5.32 Å². The summed E-state index contributed by atoms with van der Waals surface area (Å²) in [5, 5.41) is 11.4. The number of hydrogen-bond donors (Lipinski definition) is 1. The van der Waals surface area contributed by atoms with E-state index in [4.69, 9.17) is 5.26 Å². The Kier molecular flexibility index (Phi) is 4.89. The highest BCUT2D eigenvalue weighted by molar-refractivity contribution is 5.50. The Morgan fingerprint density at radius 3 is 2.29 bits per heavy atom. The van der Waals surface area contributed by atoms with E-state index in [0.29, 0.717) is 0 Å². The molecule has 1 aromatic carbocycles. The zero-order valence-electron chi connectivity index (χ0n) is 10.1. The van der Waals surface area contributed by atoms with Gasteiger partial charge in [-0.1, -0.05) is 20.3 Å². The Bertz CT molecular complexity index is 401. The van der Waals surface area contributed by atoms with E-state index in [1.807, 2.05) is 13.8 Å². The van der Waals surface area contributed by atoms with Crippen molar-refractivity contribution in [3.8, 4) is 6.07 Å². The molecule has 0 aliphatic rings. The van der Waals surface area contributed by atoms with Crippen molar-refractivity contribution < 1.29 is 8.78 Å². The van der Waals surface area contributed by atoms with Crippen LogP contribution in [0.3, 0.4) is 0 Å². The topological polar surface area (TPSA) is 35.8 Å². The summed E-state index contributed by atoms with van der Waals surface area (Å²) < 4.78 is 27.2. The number of rotatable bonds is 5. The predicted octanol–water partition coefficient (Wildman–Crippen LogP) is 3.83. The van der Waals surface area contributed by atoms with Gasteiger partial charge < -0.3 is 5.32 Å². The van der Waals surface area contributed by atoms with Gasteiger partial charge in [-0.2, -0.15) is 5.26 Å². The second-order valence-corrected chi connectivity index (χ2v) is 3.96. The molecular formula is C13H16F2N2. The highest BCUT2D eigenvalue weighted by Crippen LogP contribution is 2.22. The maximum absolute atomic E-state index is 13.6. The molecule has 0 saturated carbocycles. The van der Waals surface area contributed by atoms with Crippen LogP contribution in [0.5, 0.6) is 0 Å². The highest BCUT2D eigenvalue weighted by Gasteiger charge is 2.14. The second-order valence-electron chi connectivity index (χ2n) is 3.96. The number of halogens is 2. The Balaban J connectivity index is 2.95. The van der Waals surface area contributed by atoms with E-state index in [0.717, 1.165) is 31.4 Å². The Morgan fingerprint density at radius 1 is 1.29 bits per heavy atom. The third-order valence-corrected chi connectivity index (χ3v) is 2.65. The molecule has 0 amide bonds. The van der Waals surface area contributed by atoms with E-state index in [2.05, 4.69) is 5.32 Å². The zero-order valence-corrected chi connectivity index (χ0v) is 10.1. The van der Waals surface area contributed by atoms with Crippen molar-refractivity contribution in [3.05, 3.63) is 29.3 Å². The molecular weight excluding hydrogens is 222 g/mol. The van der Waals surface area contributed by atoms with Crippen LogP contribution in [-0.4, -0.2) is 6.04 Å². The summed E-state index contributed by atoms with van der Waals surface area (Å²) in [5.41, 5.74) is -0.140. The predicted molar refractivity (Wildman–Crippen MR) is 63.7 cm³/mol. The minimum Gasteiger partial charge on any atom is -0.378 e. The SMILES string of the molecule is CCCC(CC)Nc1c(F)cc(C#N)cc1F. The first-order chi connectivity index (χ1) is 8.12. The summed E-state index contributed by atoms with van der Waals surface area (Å²) in [4.78, 5) is 0. The average Bonchev–Trinajstić information content (AvgIpc) is 2.31. The van der Waals surface area contributed by atoms with Crippen molar-refractivity contribution in [3.63, 3.8) is 0 Å². The summed E-state index contributed by atoms with van der Waals surface area (Å²) in [6, 6.07) is 3.86. The van der Waals surface area contributed by atoms with Crippen LogP contribution in [0.4, 0.5) is 14.5 Å². The minimum atomic E-state index is -0.712. The largest absolute Gasteiger partial charge is 0.378 e. The first-order valence-corrected chi connectivity index (χ1v) is 5.78. The van der Waals surface area contributed by atoms with Crippen LogP contribution in [0, 0.1) is 23.0 Å². The molecule has 0 bridgehead atoms. The minimum absolute atomic E-state index is 0.00547. The maximum atomic E-state index is 13.6. The van der Waals surface area contributed by atoms with Crippen molar-refractivity contribution in [2.24, 2.45) is 0 Å². The molecule has 1 aromatic rings. The standard InChI is InChI=1S/C13H16F2N2/c1-3-5-10(4-2)17-13-11(14)6-9(8-16)7-12(13)15/h6-7,10,17H,3-5H2,1-2H3. The molecule has 0 radical (unpaired) electrons. The van der Waals surface area contributed by atoms with Gasteiger partial charge >= 0.3 is 0 Å². The molecule has 2 nitrogen and oxygen atoms in total. The molecule has 1 N–H and O–H groups in total. The Hall–Kier alpha value is -1.63. The van der Waals surface area contributed by atoms with Crippen LogP contribution in [0.2, 0.25) is 0 Å². The van der Waals surface area contributed by atoms with Crippen molar-refractivity contribution in [1.29, 1.82) is 5.26 Å². The molecule has 1 unspecified atom stereocenters. The summed E-state index contributed by atoms with van der Waals surface area (Å²) in [5.74, 6) is -1.42. The highest BCUT2D eigenvalue weighted by atomic mass is 19.1.